The Morgan fingerprint density at radius 2 is 1.90 bits per heavy atom. The molecule has 154 valence electrons. The first-order chi connectivity index (χ1) is 14.1. The molecule has 7 heteroatoms. The van der Waals surface area contributed by atoms with Crippen LogP contribution in [0.15, 0.2) is 47.5 Å². The first kappa shape index (κ1) is 20.7. The van der Waals surface area contributed by atoms with E-state index in [-0.39, 0.29) is 12.0 Å². The molecule has 0 saturated carbocycles. The van der Waals surface area contributed by atoms with E-state index in [1.54, 1.807) is 32.4 Å². The van der Waals surface area contributed by atoms with Gasteiger partial charge in [-0.3, -0.25) is 10.1 Å². The zero-order chi connectivity index (χ0) is 20.6. The molecule has 7 nitrogen and oxygen atoms in total. The molecular formula is C22H27N3O4. The summed E-state index contributed by atoms with van der Waals surface area (Å²) < 4.78 is 16.2. The van der Waals surface area contributed by atoms with Crippen LogP contribution < -0.4 is 20.1 Å². The van der Waals surface area contributed by atoms with E-state index in [4.69, 9.17) is 14.2 Å². The summed E-state index contributed by atoms with van der Waals surface area (Å²) in [5, 5.41) is 6.10. The fraction of sp³-hybridized carbons (Fsp3) is 0.364. The van der Waals surface area contributed by atoms with Gasteiger partial charge in [0, 0.05) is 23.9 Å². The third-order valence-electron chi connectivity index (χ3n) is 4.72. The highest BCUT2D eigenvalue weighted by Gasteiger charge is 2.17. The Hall–Kier alpha value is -3.06. The van der Waals surface area contributed by atoms with E-state index in [9.17, 15) is 4.79 Å². The van der Waals surface area contributed by atoms with Crippen LogP contribution in [0.25, 0.3) is 0 Å². The van der Waals surface area contributed by atoms with E-state index in [2.05, 4.69) is 15.6 Å². The molecular weight excluding hydrogens is 370 g/mol. The number of carbonyl (C=O) groups is 1. The standard InChI is InChI=1S/C22H27N3O4/c1-15-7-4-5-9-20(15)24-22(23-14-17-8-6-10-29-17)25-21(26)16-11-18(27-2)13-19(12-16)28-3/h4-5,7,9,11-13,17H,6,8,10,14H2,1-3H3,(H2,23,24,25,26)/t17-/m1/s1. The van der Waals surface area contributed by atoms with Gasteiger partial charge in [-0.2, -0.15) is 0 Å². The van der Waals surface area contributed by atoms with Gasteiger partial charge in [0.1, 0.15) is 11.5 Å². The number of anilines is 1. The van der Waals surface area contributed by atoms with Crippen LogP contribution in [0.5, 0.6) is 11.5 Å². The van der Waals surface area contributed by atoms with Crippen molar-refractivity contribution < 1.29 is 19.0 Å². The molecule has 1 aliphatic rings. The van der Waals surface area contributed by atoms with Crippen molar-refractivity contribution in [3.05, 3.63) is 53.6 Å². The van der Waals surface area contributed by atoms with Gasteiger partial charge in [-0.15, -0.1) is 0 Å². The second-order valence-corrected chi connectivity index (χ2v) is 6.82. The predicted molar refractivity (Wildman–Crippen MR) is 113 cm³/mol. The number of para-hydroxylation sites is 1. The fourth-order valence-electron chi connectivity index (χ4n) is 3.05. The monoisotopic (exact) mass is 397 g/mol. The molecule has 2 aromatic rings. The average molecular weight is 397 g/mol. The molecule has 0 bridgehead atoms. The molecule has 0 aliphatic carbocycles. The third kappa shape index (κ3) is 5.71. The van der Waals surface area contributed by atoms with Crippen molar-refractivity contribution in [1.29, 1.82) is 0 Å². The second kappa shape index (κ2) is 9.93. The van der Waals surface area contributed by atoms with Crippen molar-refractivity contribution >= 4 is 17.6 Å². The summed E-state index contributed by atoms with van der Waals surface area (Å²) in [4.78, 5) is 17.5. The molecule has 1 fully saturated rings. The summed E-state index contributed by atoms with van der Waals surface area (Å²) in [7, 11) is 3.09. The summed E-state index contributed by atoms with van der Waals surface area (Å²) >= 11 is 0. The van der Waals surface area contributed by atoms with E-state index in [0.717, 1.165) is 30.7 Å². The molecule has 1 saturated heterocycles. The molecule has 1 amide bonds. The van der Waals surface area contributed by atoms with Crippen LogP contribution in [-0.4, -0.2) is 45.3 Å². The maximum atomic E-state index is 12.9. The Morgan fingerprint density at radius 3 is 2.52 bits per heavy atom. The number of benzene rings is 2. The number of aliphatic imine (C=N–C) groups is 1. The number of hydrogen-bond donors (Lipinski definition) is 2. The van der Waals surface area contributed by atoms with E-state index in [1.165, 1.54) is 0 Å². The summed E-state index contributed by atoms with van der Waals surface area (Å²) in [6, 6.07) is 12.9. The number of rotatable bonds is 6. The molecule has 1 heterocycles. The lowest BCUT2D eigenvalue weighted by atomic mass is 10.2. The lowest BCUT2D eigenvalue weighted by Gasteiger charge is -2.15. The lowest BCUT2D eigenvalue weighted by molar-refractivity contribution is 0.0975. The van der Waals surface area contributed by atoms with Gasteiger partial charge >= 0.3 is 0 Å². The molecule has 29 heavy (non-hydrogen) atoms. The number of guanidine groups is 1. The maximum Gasteiger partial charge on any atom is 0.258 e. The van der Waals surface area contributed by atoms with Gasteiger partial charge < -0.3 is 19.5 Å². The van der Waals surface area contributed by atoms with Crippen molar-refractivity contribution in [3.8, 4) is 11.5 Å². The summed E-state index contributed by atoms with van der Waals surface area (Å²) in [6.07, 6.45) is 2.09. The number of carbonyl (C=O) groups excluding carboxylic acids is 1. The van der Waals surface area contributed by atoms with Crippen LogP contribution in [0.2, 0.25) is 0 Å². The molecule has 1 aliphatic heterocycles. The Labute approximate surface area is 171 Å². The molecule has 0 unspecified atom stereocenters. The van der Waals surface area contributed by atoms with Crippen LogP contribution in [0.1, 0.15) is 28.8 Å². The number of methoxy groups -OCH3 is 2. The summed E-state index contributed by atoms with van der Waals surface area (Å²) in [5.41, 5.74) is 2.34. The predicted octanol–water partition coefficient (Wildman–Crippen LogP) is 3.39. The number of aryl methyl sites for hydroxylation is 1. The zero-order valence-corrected chi connectivity index (χ0v) is 17.0. The highest BCUT2D eigenvalue weighted by Crippen LogP contribution is 2.22. The molecule has 0 radical (unpaired) electrons. The minimum atomic E-state index is -0.311. The van der Waals surface area contributed by atoms with Crippen LogP contribution in [0.3, 0.4) is 0 Å². The largest absolute Gasteiger partial charge is 0.497 e. The van der Waals surface area contributed by atoms with Crippen molar-refractivity contribution in [1.82, 2.24) is 5.32 Å². The fourth-order valence-corrected chi connectivity index (χ4v) is 3.05. The third-order valence-corrected chi connectivity index (χ3v) is 4.72. The van der Waals surface area contributed by atoms with E-state index in [1.807, 2.05) is 31.2 Å². The number of ether oxygens (including phenoxy) is 3. The summed E-state index contributed by atoms with van der Waals surface area (Å²) in [5.74, 6) is 1.15. The number of nitrogens with one attached hydrogen (secondary N) is 2. The molecule has 0 aromatic heterocycles. The lowest BCUT2D eigenvalue weighted by Crippen LogP contribution is -2.37. The minimum absolute atomic E-state index is 0.0810. The smallest absolute Gasteiger partial charge is 0.258 e. The van der Waals surface area contributed by atoms with Gasteiger partial charge in [0.25, 0.3) is 5.91 Å². The minimum Gasteiger partial charge on any atom is -0.497 e. The zero-order valence-electron chi connectivity index (χ0n) is 17.0. The van der Waals surface area contributed by atoms with Crippen LogP contribution in [0.4, 0.5) is 5.69 Å². The SMILES string of the molecule is COc1cc(OC)cc(C(=O)NC(=NC[C@H]2CCCO2)Nc2ccccc2C)c1. The number of hydrogen-bond acceptors (Lipinski definition) is 5. The van der Waals surface area contributed by atoms with Crippen molar-refractivity contribution in [2.45, 2.75) is 25.9 Å². The Bertz CT molecular complexity index is 854. The van der Waals surface area contributed by atoms with Gasteiger partial charge in [0.15, 0.2) is 0 Å². The van der Waals surface area contributed by atoms with Gasteiger partial charge in [0.05, 0.1) is 26.9 Å². The molecule has 2 aromatic carbocycles. The summed E-state index contributed by atoms with van der Waals surface area (Å²) in [6.45, 7) is 3.24. The van der Waals surface area contributed by atoms with E-state index >= 15 is 0 Å². The van der Waals surface area contributed by atoms with E-state index < -0.39 is 0 Å². The normalized spacial score (nSPS) is 16.4. The highest BCUT2D eigenvalue weighted by molar-refractivity contribution is 6.10. The Morgan fingerprint density at radius 1 is 1.17 bits per heavy atom. The van der Waals surface area contributed by atoms with Crippen molar-refractivity contribution in [2.24, 2.45) is 4.99 Å². The molecule has 0 spiro atoms. The quantitative estimate of drug-likeness (QED) is 0.577. The maximum absolute atomic E-state index is 12.9. The molecule has 3 rings (SSSR count). The first-order valence-corrected chi connectivity index (χ1v) is 9.62. The van der Waals surface area contributed by atoms with Crippen LogP contribution in [-0.2, 0) is 4.74 Å². The van der Waals surface area contributed by atoms with Gasteiger partial charge in [-0.25, -0.2) is 4.99 Å². The van der Waals surface area contributed by atoms with Gasteiger partial charge in [0.2, 0.25) is 5.96 Å². The van der Waals surface area contributed by atoms with E-state index in [0.29, 0.717) is 29.6 Å². The second-order valence-electron chi connectivity index (χ2n) is 6.82. The number of nitrogens with zero attached hydrogens (tertiary/aromatic N) is 1. The first-order valence-electron chi connectivity index (χ1n) is 9.62. The number of amides is 1. The van der Waals surface area contributed by atoms with Crippen molar-refractivity contribution in [3.63, 3.8) is 0 Å². The van der Waals surface area contributed by atoms with Crippen LogP contribution in [0, 0.1) is 6.92 Å². The average Bonchev–Trinajstić information content (AvgIpc) is 3.26. The molecule has 2 N–H and O–H groups in total. The Balaban J connectivity index is 1.80. The van der Waals surface area contributed by atoms with Crippen LogP contribution >= 0.6 is 0 Å². The topological polar surface area (TPSA) is 81.2 Å². The van der Waals surface area contributed by atoms with Gasteiger partial charge in [-0.05, 0) is 43.5 Å². The highest BCUT2D eigenvalue weighted by atomic mass is 16.5. The Kier molecular flexibility index (Phi) is 7.08. The van der Waals surface area contributed by atoms with Gasteiger partial charge in [-0.1, -0.05) is 18.2 Å². The molecule has 1 atom stereocenters. The van der Waals surface area contributed by atoms with Crippen molar-refractivity contribution in [2.75, 3.05) is 32.7 Å².